The van der Waals surface area contributed by atoms with Gasteiger partial charge in [-0.2, -0.15) is 0 Å². The van der Waals surface area contributed by atoms with Crippen LogP contribution in [0.2, 0.25) is 0 Å². The van der Waals surface area contributed by atoms with E-state index in [4.69, 9.17) is 21.7 Å². The number of nitrogens with one attached hydrogen (secondary N) is 2. The van der Waals surface area contributed by atoms with Crippen LogP contribution < -0.4 is 20.1 Å². The molecule has 1 amide bonds. The molecule has 0 aliphatic carbocycles. The van der Waals surface area contributed by atoms with Gasteiger partial charge in [0.15, 0.2) is 5.11 Å². The van der Waals surface area contributed by atoms with Gasteiger partial charge in [-0.3, -0.25) is 10.1 Å². The van der Waals surface area contributed by atoms with Gasteiger partial charge in [0, 0.05) is 11.3 Å². The molecule has 0 radical (unpaired) electrons. The van der Waals surface area contributed by atoms with E-state index in [0.717, 1.165) is 11.4 Å². The third-order valence-electron chi connectivity index (χ3n) is 3.27. The molecular weight excluding hydrogens is 336 g/mol. The van der Waals surface area contributed by atoms with Crippen LogP contribution in [-0.4, -0.2) is 24.7 Å². The normalized spacial score (nSPS) is 10.2. The predicted octanol–water partition coefficient (Wildman–Crippen LogP) is 3.86. The molecule has 0 heterocycles. The molecule has 0 aliphatic rings. The van der Waals surface area contributed by atoms with E-state index in [2.05, 4.69) is 24.5 Å². The number of hydrogen-bond acceptors (Lipinski definition) is 4. The van der Waals surface area contributed by atoms with Crippen molar-refractivity contribution in [3.8, 4) is 11.5 Å². The molecule has 0 spiro atoms. The Balaban J connectivity index is 1.87. The summed E-state index contributed by atoms with van der Waals surface area (Å²) in [6.07, 6.45) is 0. The van der Waals surface area contributed by atoms with E-state index in [9.17, 15) is 4.79 Å². The smallest absolute Gasteiger partial charge is 0.257 e. The number of amides is 1. The second-order valence-electron chi connectivity index (χ2n) is 5.87. The number of thiocarbonyl (C=S) groups is 1. The molecule has 5 nitrogen and oxygen atoms in total. The summed E-state index contributed by atoms with van der Waals surface area (Å²) < 4.78 is 10.7. The highest BCUT2D eigenvalue weighted by atomic mass is 32.1. The van der Waals surface area contributed by atoms with Crippen LogP contribution in [0, 0.1) is 5.92 Å². The monoisotopic (exact) mass is 358 g/mol. The van der Waals surface area contributed by atoms with E-state index >= 15 is 0 Å². The molecule has 2 aromatic carbocycles. The number of ether oxygens (including phenoxy) is 2. The van der Waals surface area contributed by atoms with E-state index in [1.54, 1.807) is 31.4 Å². The fraction of sp³-hybridized carbons (Fsp3) is 0.263. The molecule has 0 unspecified atom stereocenters. The van der Waals surface area contributed by atoms with Crippen LogP contribution >= 0.6 is 12.2 Å². The molecule has 0 saturated carbocycles. The molecule has 0 aromatic heterocycles. The van der Waals surface area contributed by atoms with Crippen LogP contribution in [0.25, 0.3) is 0 Å². The van der Waals surface area contributed by atoms with E-state index in [0.29, 0.717) is 23.8 Å². The maximum atomic E-state index is 12.1. The lowest BCUT2D eigenvalue weighted by molar-refractivity contribution is 0.0977. The van der Waals surface area contributed by atoms with Crippen molar-refractivity contribution in [1.82, 2.24) is 5.32 Å². The minimum atomic E-state index is -0.281. The van der Waals surface area contributed by atoms with Gasteiger partial charge in [-0.1, -0.05) is 13.8 Å². The van der Waals surface area contributed by atoms with Gasteiger partial charge >= 0.3 is 0 Å². The van der Waals surface area contributed by atoms with Crippen molar-refractivity contribution >= 4 is 28.9 Å². The standard InChI is InChI=1S/C19H22N2O3S/c1-13(2)12-24-17-10-6-15(7-11-17)20-19(25)21-18(22)14-4-8-16(23-3)9-5-14/h4-11,13H,12H2,1-3H3,(H2,20,21,22,25). The molecule has 6 heteroatoms. The van der Waals surface area contributed by atoms with Crippen molar-refractivity contribution in [1.29, 1.82) is 0 Å². The molecule has 2 aromatic rings. The summed E-state index contributed by atoms with van der Waals surface area (Å²) >= 11 is 5.18. The summed E-state index contributed by atoms with van der Waals surface area (Å²) in [6.45, 7) is 4.86. The molecule has 0 bridgehead atoms. The maximum Gasteiger partial charge on any atom is 0.257 e. The summed E-state index contributed by atoms with van der Waals surface area (Å²) in [7, 11) is 1.58. The Morgan fingerprint density at radius 2 is 1.64 bits per heavy atom. The summed E-state index contributed by atoms with van der Waals surface area (Å²) in [4.78, 5) is 12.1. The minimum Gasteiger partial charge on any atom is -0.497 e. The Morgan fingerprint density at radius 3 is 2.20 bits per heavy atom. The quantitative estimate of drug-likeness (QED) is 0.768. The van der Waals surface area contributed by atoms with Crippen LogP contribution in [0.1, 0.15) is 24.2 Å². The second-order valence-corrected chi connectivity index (χ2v) is 6.27. The highest BCUT2D eigenvalue weighted by molar-refractivity contribution is 7.80. The molecule has 0 fully saturated rings. The first-order valence-corrected chi connectivity index (χ1v) is 8.38. The highest BCUT2D eigenvalue weighted by Crippen LogP contribution is 2.16. The summed E-state index contributed by atoms with van der Waals surface area (Å²) in [5.74, 6) is 1.68. The molecular formula is C19H22N2O3S. The zero-order chi connectivity index (χ0) is 18.2. The molecule has 0 saturated heterocycles. The van der Waals surface area contributed by atoms with Gasteiger partial charge in [0.25, 0.3) is 5.91 Å². The lowest BCUT2D eigenvalue weighted by atomic mass is 10.2. The zero-order valence-corrected chi connectivity index (χ0v) is 15.4. The van der Waals surface area contributed by atoms with Gasteiger partial charge in [-0.15, -0.1) is 0 Å². The van der Waals surface area contributed by atoms with Crippen LogP contribution in [0.4, 0.5) is 5.69 Å². The lowest BCUT2D eigenvalue weighted by Crippen LogP contribution is -2.34. The molecule has 0 atom stereocenters. The van der Waals surface area contributed by atoms with Crippen LogP contribution in [0.3, 0.4) is 0 Å². The van der Waals surface area contributed by atoms with E-state index in [-0.39, 0.29) is 11.0 Å². The molecule has 2 N–H and O–H groups in total. The summed E-state index contributed by atoms with van der Waals surface area (Å²) in [5.41, 5.74) is 1.28. The first-order chi connectivity index (χ1) is 12.0. The number of rotatable bonds is 6. The van der Waals surface area contributed by atoms with Crippen molar-refractivity contribution in [2.24, 2.45) is 5.92 Å². The molecule has 0 aliphatic heterocycles. The van der Waals surface area contributed by atoms with Crippen molar-refractivity contribution in [2.45, 2.75) is 13.8 Å². The fourth-order valence-electron chi connectivity index (χ4n) is 1.98. The number of carbonyl (C=O) groups is 1. The first-order valence-electron chi connectivity index (χ1n) is 7.97. The molecule has 2 rings (SSSR count). The maximum absolute atomic E-state index is 12.1. The molecule has 132 valence electrons. The van der Waals surface area contributed by atoms with Gasteiger partial charge in [-0.05, 0) is 66.7 Å². The number of methoxy groups -OCH3 is 1. The van der Waals surface area contributed by atoms with E-state index in [1.165, 1.54) is 0 Å². The van der Waals surface area contributed by atoms with E-state index in [1.807, 2.05) is 24.3 Å². The minimum absolute atomic E-state index is 0.233. The van der Waals surface area contributed by atoms with Gasteiger partial charge in [-0.25, -0.2) is 0 Å². The average Bonchev–Trinajstić information content (AvgIpc) is 2.61. The van der Waals surface area contributed by atoms with Crippen LogP contribution in [0.15, 0.2) is 48.5 Å². The van der Waals surface area contributed by atoms with Crippen molar-refractivity contribution < 1.29 is 14.3 Å². The third kappa shape index (κ3) is 6.08. The Bertz CT molecular complexity index is 712. The highest BCUT2D eigenvalue weighted by Gasteiger charge is 2.08. The van der Waals surface area contributed by atoms with Crippen molar-refractivity contribution in [2.75, 3.05) is 19.0 Å². The summed E-state index contributed by atoms with van der Waals surface area (Å²) in [5, 5.41) is 5.86. The Labute approximate surface area is 153 Å². The zero-order valence-electron chi connectivity index (χ0n) is 14.5. The number of hydrogen-bond donors (Lipinski definition) is 2. The van der Waals surface area contributed by atoms with Crippen LogP contribution in [0.5, 0.6) is 11.5 Å². The second kappa shape index (κ2) is 9.03. The fourth-order valence-corrected chi connectivity index (χ4v) is 2.19. The molecule has 25 heavy (non-hydrogen) atoms. The topological polar surface area (TPSA) is 59.6 Å². The number of carbonyl (C=O) groups excluding carboxylic acids is 1. The van der Waals surface area contributed by atoms with Gasteiger partial charge < -0.3 is 14.8 Å². The third-order valence-corrected chi connectivity index (χ3v) is 3.48. The largest absolute Gasteiger partial charge is 0.497 e. The van der Waals surface area contributed by atoms with Crippen LogP contribution in [-0.2, 0) is 0 Å². The Kier molecular flexibility index (Phi) is 6.77. The SMILES string of the molecule is COc1ccc(C(=O)NC(=S)Nc2ccc(OCC(C)C)cc2)cc1. The average molecular weight is 358 g/mol. The Hall–Kier alpha value is -2.60. The summed E-state index contributed by atoms with van der Waals surface area (Å²) in [6, 6.07) is 14.2. The van der Waals surface area contributed by atoms with E-state index < -0.39 is 0 Å². The number of benzene rings is 2. The van der Waals surface area contributed by atoms with Crippen molar-refractivity contribution in [3.63, 3.8) is 0 Å². The Morgan fingerprint density at radius 1 is 1.04 bits per heavy atom. The first kappa shape index (κ1) is 18.7. The van der Waals surface area contributed by atoms with Gasteiger partial charge in [0.05, 0.1) is 13.7 Å². The lowest BCUT2D eigenvalue weighted by Gasteiger charge is -2.12. The predicted molar refractivity (Wildman–Crippen MR) is 103 cm³/mol. The van der Waals surface area contributed by atoms with Crippen molar-refractivity contribution in [3.05, 3.63) is 54.1 Å². The number of anilines is 1. The van der Waals surface area contributed by atoms with Gasteiger partial charge in [0.2, 0.25) is 0 Å². The van der Waals surface area contributed by atoms with Gasteiger partial charge in [0.1, 0.15) is 11.5 Å².